The van der Waals surface area contributed by atoms with Crippen LogP contribution in [-0.4, -0.2) is 36.7 Å². The maximum atomic E-state index is 10.9. The van der Waals surface area contributed by atoms with Crippen LogP contribution in [0.5, 0.6) is 0 Å². The Bertz CT molecular complexity index is 247. The zero-order valence-electron chi connectivity index (χ0n) is 8.69. The summed E-state index contributed by atoms with van der Waals surface area (Å²) in [5.74, 6) is -2.70. The zero-order chi connectivity index (χ0) is 11.8. The third-order valence-electron chi connectivity index (χ3n) is 1.64. The highest BCUT2D eigenvalue weighted by Gasteiger charge is 2.15. The van der Waals surface area contributed by atoms with Crippen molar-refractivity contribution in [2.24, 2.45) is 5.92 Å². The number of carbonyl (C=O) groups is 3. The fourth-order valence-corrected chi connectivity index (χ4v) is 0.768. The maximum Gasteiger partial charge on any atom is 0.311 e. The molecule has 0 heterocycles. The van der Waals surface area contributed by atoms with Crippen LogP contribution in [0, 0.1) is 5.92 Å². The van der Waals surface area contributed by atoms with Gasteiger partial charge in [-0.15, -0.1) is 0 Å². The van der Waals surface area contributed by atoms with Crippen molar-refractivity contribution in [1.82, 2.24) is 0 Å². The van der Waals surface area contributed by atoms with Crippen molar-refractivity contribution in [2.75, 3.05) is 13.7 Å². The van der Waals surface area contributed by atoms with Gasteiger partial charge in [0.2, 0.25) is 0 Å². The molecule has 15 heavy (non-hydrogen) atoms. The van der Waals surface area contributed by atoms with Gasteiger partial charge in [0.15, 0.2) is 0 Å². The number of ether oxygens (including phenoxy) is 2. The first-order valence-electron chi connectivity index (χ1n) is 4.42. The summed E-state index contributed by atoms with van der Waals surface area (Å²) in [7, 11) is 1.24. The molecule has 1 atom stereocenters. The molecule has 0 fully saturated rings. The zero-order valence-corrected chi connectivity index (χ0v) is 8.69. The summed E-state index contributed by atoms with van der Waals surface area (Å²) in [5, 5.41) is 8.28. The lowest BCUT2D eigenvalue weighted by Crippen LogP contribution is -2.20. The molecule has 0 bridgehead atoms. The molecule has 1 N–H and O–H groups in total. The lowest BCUT2D eigenvalue weighted by molar-refractivity contribution is -0.154. The molecular formula is C9H14O6. The second-order valence-electron chi connectivity index (χ2n) is 3.00. The van der Waals surface area contributed by atoms with Crippen molar-refractivity contribution >= 4 is 17.9 Å². The van der Waals surface area contributed by atoms with Crippen LogP contribution in [0.4, 0.5) is 0 Å². The predicted molar refractivity (Wildman–Crippen MR) is 49.0 cm³/mol. The molecule has 0 amide bonds. The van der Waals surface area contributed by atoms with E-state index in [9.17, 15) is 14.4 Å². The summed E-state index contributed by atoms with van der Waals surface area (Å²) in [6, 6.07) is 0. The van der Waals surface area contributed by atoms with Crippen molar-refractivity contribution in [3.05, 3.63) is 0 Å². The Labute approximate surface area is 87.2 Å². The normalized spacial score (nSPS) is 11.6. The van der Waals surface area contributed by atoms with Gasteiger partial charge in [-0.2, -0.15) is 0 Å². The van der Waals surface area contributed by atoms with Crippen molar-refractivity contribution < 1.29 is 29.0 Å². The Hall–Kier alpha value is -1.59. The van der Waals surface area contributed by atoms with Crippen LogP contribution >= 0.6 is 0 Å². The summed E-state index contributed by atoms with van der Waals surface area (Å²) >= 11 is 0. The third kappa shape index (κ3) is 6.48. The number of aliphatic carboxylic acids is 1. The van der Waals surface area contributed by atoms with E-state index in [1.54, 1.807) is 6.92 Å². The largest absolute Gasteiger partial charge is 0.481 e. The molecule has 0 rings (SSSR count). The van der Waals surface area contributed by atoms with E-state index in [2.05, 4.69) is 9.47 Å². The number of carboxylic acid groups (broad SMARTS) is 1. The summed E-state index contributed by atoms with van der Waals surface area (Å²) < 4.78 is 9.09. The Balaban J connectivity index is 3.71. The topological polar surface area (TPSA) is 89.9 Å². The molecule has 0 unspecified atom stereocenters. The monoisotopic (exact) mass is 218 g/mol. The molecule has 86 valence electrons. The molecule has 0 spiro atoms. The molecule has 0 aliphatic heterocycles. The standard InChI is InChI=1S/C9H14O6/c1-6(9(13)14-2)5-15-8(12)4-3-7(10)11/h6H,3-5H2,1-2H3,(H,10,11)/t6-/m0/s1. The van der Waals surface area contributed by atoms with Crippen LogP contribution in [0.3, 0.4) is 0 Å². The van der Waals surface area contributed by atoms with Gasteiger partial charge in [0, 0.05) is 0 Å². The number of rotatable bonds is 6. The molecule has 0 aromatic heterocycles. The summed E-state index contributed by atoms with van der Waals surface area (Å²) in [5.41, 5.74) is 0. The molecule has 6 nitrogen and oxygen atoms in total. The van der Waals surface area contributed by atoms with Gasteiger partial charge in [0.05, 0.1) is 25.9 Å². The van der Waals surface area contributed by atoms with Crippen LogP contribution in [0.15, 0.2) is 0 Å². The van der Waals surface area contributed by atoms with Crippen molar-refractivity contribution in [1.29, 1.82) is 0 Å². The van der Waals surface area contributed by atoms with E-state index in [0.717, 1.165) is 0 Å². The number of carboxylic acids is 1. The van der Waals surface area contributed by atoms with Crippen molar-refractivity contribution in [3.63, 3.8) is 0 Å². The van der Waals surface area contributed by atoms with Gasteiger partial charge in [-0.05, 0) is 6.92 Å². The molecule has 0 aliphatic rings. The van der Waals surface area contributed by atoms with Gasteiger partial charge in [-0.1, -0.05) is 0 Å². The van der Waals surface area contributed by atoms with Gasteiger partial charge in [-0.25, -0.2) is 0 Å². The fraction of sp³-hybridized carbons (Fsp3) is 0.667. The minimum Gasteiger partial charge on any atom is -0.481 e. The number of esters is 2. The highest BCUT2D eigenvalue weighted by atomic mass is 16.5. The highest BCUT2D eigenvalue weighted by Crippen LogP contribution is 2.01. The first-order valence-corrected chi connectivity index (χ1v) is 4.42. The van der Waals surface area contributed by atoms with E-state index >= 15 is 0 Å². The lowest BCUT2D eigenvalue weighted by Gasteiger charge is -2.09. The summed E-state index contributed by atoms with van der Waals surface area (Å²) in [6.45, 7) is 1.46. The van der Waals surface area contributed by atoms with E-state index in [0.29, 0.717) is 0 Å². The van der Waals surface area contributed by atoms with Crippen molar-refractivity contribution in [3.8, 4) is 0 Å². The lowest BCUT2D eigenvalue weighted by atomic mass is 10.2. The Morgan fingerprint density at radius 3 is 2.33 bits per heavy atom. The van der Waals surface area contributed by atoms with Gasteiger partial charge < -0.3 is 14.6 Å². The molecule has 0 aromatic carbocycles. The van der Waals surface area contributed by atoms with Crippen LogP contribution in [0.1, 0.15) is 19.8 Å². The molecule has 0 saturated carbocycles. The molecule has 6 heteroatoms. The molecular weight excluding hydrogens is 204 g/mol. The van der Waals surface area contributed by atoms with Crippen molar-refractivity contribution in [2.45, 2.75) is 19.8 Å². The second kappa shape index (κ2) is 6.80. The minimum absolute atomic E-state index is 0.0921. The van der Waals surface area contributed by atoms with Gasteiger partial charge in [-0.3, -0.25) is 14.4 Å². The first kappa shape index (κ1) is 13.4. The Morgan fingerprint density at radius 2 is 1.87 bits per heavy atom. The van der Waals surface area contributed by atoms with Crippen LogP contribution in [-0.2, 0) is 23.9 Å². The molecule has 0 aliphatic carbocycles. The maximum absolute atomic E-state index is 10.9. The fourth-order valence-electron chi connectivity index (χ4n) is 0.768. The number of methoxy groups -OCH3 is 1. The van der Waals surface area contributed by atoms with Crippen LogP contribution < -0.4 is 0 Å². The van der Waals surface area contributed by atoms with Gasteiger partial charge in [0.1, 0.15) is 6.61 Å². The van der Waals surface area contributed by atoms with Gasteiger partial charge >= 0.3 is 17.9 Å². The van der Waals surface area contributed by atoms with Gasteiger partial charge in [0.25, 0.3) is 0 Å². The summed E-state index contributed by atoms with van der Waals surface area (Å²) in [6.07, 6.45) is -0.464. The highest BCUT2D eigenvalue weighted by molar-refractivity contribution is 5.77. The number of hydrogen-bond donors (Lipinski definition) is 1. The minimum atomic E-state index is -1.06. The van der Waals surface area contributed by atoms with Crippen LogP contribution in [0.25, 0.3) is 0 Å². The number of hydrogen-bond acceptors (Lipinski definition) is 5. The molecule has 0 radical (unpaired) electrons. The Kier molecular flexibility index (Phi) is 6.08. The molecule has 0 aromatic rings. The second-order valence-corrected chi connectivity index (χ2v) is 3.00. The Morgan fingerprint density at radius 1 is 1.27 bits per heavy atom. The van der Waals surface area contributed by atoms with E-state index in [1.807, 2.05) is 0 Å². The van der Waals surface area contributed by atoms with Crippen LogP contribution in [0.2, 0.25) is 0 Å². The SMILES string of the molecule is COC(=O)[C@@H](C)COC(=O)CCC(=O)O. The average Bonchev–Trinajstić information content (AvgIpc) is 2.21. The van der Waals surface area contributed by atoms with E-state index in [1.165, 1.54) is 7.11 Å². The predicted octanol–water partition coefficient (Wildman–Crippen LogP) is 0.203. The smallest absolute Gasteiger partial charge is 0.311 e. The number of carbonyl (C=O) groups excluding carboxylic acids is 2. The van der Waals surface area contributed by atoms with E-state index in [4.69, 9.17) is 5.11 Å². The quantitative estimate of drug-likeness (QED) is 0.640. The average molecular weight is 218 g/mol. The molecule has 0 saturated heterocycles. The van der Waals surface area contributed by atoms with E-state index < -0.39 is 23.8 Å². The first-order chi connectivity index (χ1) is 6.97. The third-order valence-corrected chi connectivity index (χ3v) is 1.64. The summed E-state index contributed by atoms with van der Waals surface area (Å²) in [4.78, 5) is 31.9. The van der Waals surface area contributed by atoms with E-state index in [-0.39, 0.29) is 19.4 Å².